The van der Waals surface area contributed by atoms with E-state index < -0.39 is 23.9 Å². The van der Waals surface area contributed by atoms with Gasteiger partial charge in [-0.2, -0.15) is 0 Å². The molecule has 0 radical (unpaired) electrons. The van der Waals surface area contributed by atoms with Gasteiger partial charge in [0, 0.05) is 13.1 Å². The van der Waals surface area contributed by atoms with Gasteiger partial charge in [0.25, 0.3) is 17.7 Å². The fourth-order valence-corrected chi connectivity index (χ4v) is 3.62. The molecule has 0 bridgehead atoms. The van der Waals surface area contributed by atoms with Crippen molar-refractivity contribution in [3.05, 3.63) is 59.2 Å². The molecular weight excluding hydrogens is 384 g/mol. The summed E-state index contributed by atoms with van der Waals surface area (Å²) in [5, 5.41) is 2.79. The first-order valence-corrected chi connectivity index (χ1v) is 10.2. The normalized spacial score (nSPS) is 16.6. The molecule has 0 fully saturated rings. The third-order valence-electron chi connectivity index (χ3n) is 5.30. The van der Waals surface area contributed by atoms with Crippen molar-refractivity contribution in [3.8, 4) is 0 Å². The highest BCUT2D eigenvalue weighted by molar-refractivity contribution is 6.22. The molecule has 3 amide bonds. The monoisotopic (exact) mass is 410 g/mol. The number of ether oxygens (including phenoxy) is 1. The van der Waals surface area contributed by atoms with Crippen LogP contribution in [0.5, 0.6) is 0 Å². The Morgan fingerprint density at radius 1 is 1.23 bits per heavy atom. The zero-order valence-electron chi connectivity index (χ0n) is 17.1. The van der Waals surface area contributed by atoms with Gasteiger partial charge < -0.3 is 10.1 Å². The Bertz CT molecular complexity index is 918. The Morgan fingerprint density at radius 2 is 2.00 bits per heavy atom. The molecule has 0 saturated heterocycles. The fraction of sp³-hybridized carbons (Fsp3) is 0.391. The van der Waals surface area contributed by atoms with E-state index in [1.807, 2.05) is 0 Å². The maximum absolute atomic E-state index is 12.4. The molecule has 7 nitrogen and oxygen atoms in total. The van der Waals surface area contributed by atoms with Crippen molar-refractivity contribution in [2.24, 2.45) is 0 Å². The molecule has 0 saturated carbocycles. The summed E-state index contributed by atoms with van der Waals surface area (Å²) in [5.41, 5.74) is 1.85. The van der Waals surface area contributed by atoms with Crippen LogP contribution in [0.4, 0.5) is 0 Å². The Kier molecular flexibility index (Phi) is 6.82. The van der Waals surface area contributed by atoms with Crippen LogP contribution >= 0.6 is 0 Å². The van der Waals surface area contributed by atoms with E-state index in [0.717, 1.165) is 24.2 Å². The number of nitrogens with zero attached hydrogens (tertiary/aromatic N) is 1. The minimum absolute atomic E-state index is 0.0975. The SMILES string of the molecule is C=CCN1C(=O)c2ccc(C(=O)OC(C)C(=O)NCCC3=CCCCC3)cc2C1=O. The summed E-state index contributed by atoms with van der Waals surface area (Å²) < 4.78 is 5.25. The number of rotatable bonds is 8. The molecule has 1 heterocycles. The van der Waals surface area contributed by atoms with E-state index in [4.69, 9.17) is 4.74 Å². The number of amides is 3. The standard InChI is InChI=1S/C23H26N2O5/c1-3-13-25-21(27)18-10-9-17(14-19(18)22(25)28)23(29)30-15(2)20(26)24-12-11-16-7-5-4-6-8-16/h3,7,9-10,14-15H,1,4-6,8,11-13H2,2H3,(H,24,26). The molecule has 3 rings (SSSR count). The van der Waals surface area contributed by atoms with Crippen LogP contribution in [-0.4, -0.2) is 47.8 Å². The van der Waals surface area contributed by atoms with E-state index in [1.54, 1.807) is 0 Å². The molecule has 0 spiro atoms. The van der Waals surface area contributed by atoms with Crippen molar-refractivity contribution in [1.29, 1.82) is 0 Å². The molecule has 1 aliphatic heterocycles. The molecular formula is C23H26N2O5. The van der Waals surface area contributed by atoms with Crippen LogP contribution in [0.1, 0.15) is 70.1 Å². The van der Waals surface area contributed by atoms with Crippen LogP contribution in [0.2, 0.25) is 0 Å². The first-order valence-electron chi connectivity index (χ1n) is 10.2. The molecule has 30 heavy (non-hydrogen) atoms. The largest absolute Gasteiger partial charge is 0.449 e. The van der Waals surface area contributed by atoms with Gasteiger partial charge in [0.2, 0.25) is 0 Å². The van der Waals surface area contributed by atoms with E-state index in [1.165, 1.54) is 49.6 Å². The summed E-state index contributed by atoms with van der Waals surface area (Å²) in [6.45, 7) is 5.64. The lowest BCUT2D eigenvalue weighted by Crippen LogP contribution is -2.36. The highest BCUT2D eigenvalue weighted by atomic mass is 16.5. The molecule has 1 aromatic carbocycles. The van der Waals surface area contributed by atoms with Crippen LogP contribution in [0.15, 0.2) is 42.5 Å². The first-order chi connectivity index (χ1) is 14.4. The summed E-state index contributed by atoms with van der Waals surface area (Å²) in [5.74, 6) is -2.00. The lowest BCUT2D eigenvalue weighted by molar-refractivity contribution is -0.129. The van der Waals surface area contributed by atoms with Gasteiger partial charge in [-0.25, -0.2) is 4.79 Å². The fourth-order valence-electron chi connectivity index (χ4n) is 3.62. The van der Waals surface area contributed by atoms with E-state index >= 15 is 0 Å². The third-order valence-corrected chi connectivity index (χ3v) is 5.30. The molecule has 158 valence electrons. The summed E-state index contributed by atoms with van der Waals surface area (Å²) in [7, 11) is 0. The number of allylic oxidation sites excluding steroid dienone is 1. The van der Waals surface area contributed by atoms with Crippen LogP contribution < -0.4 is 5.32 Å². The Balaban J connectivity index is 1.56. The maximum atomic E-state index is 12.4. The van der Waals surface area contributed by atoms with Crippen molar-refractivity contribution in [2.45, 2.75) is 45.1 Å². The predicted molar refractivity (Wildman–Crippen MR) is 111 cm³/mol. The van der Waals surface area contributed by atoms with E-state index in [-0.39, 0.29) is 29.1 Å². The number of carbonyl (C=O) groups excluding carboxylic acids is 4. The highest BCUT2D eigenvalue weighted by Crippen LogP contribution is 2.24. The second-order valence-corrected chi connectivity index (χ2v) is 7.47. The number of benzene rings is 1. The van der Waals surface area contributed by atoms with E-state index in [0.29, 0.717) is 6.54 Å². The molecule has 1 N–H and O–H groups in total. The predicted octanol–water partition coefficient (Wildman–Crippen LogP) is 3.02. The molecule has 1 unspecified atom stereocenters. The second kappa shape index (κ2) is 9.52. The van der Waals surface area contributed by atoms with Gasteiger partial charge in [-0.1, -0.05) is 17.7 Å². The highest BCUT2D eigenvalue weighted by Gasteiger charge is 2.35. The average molecular weight is 410 g/mol. The number of carbonyl (C=O) groups is 4. The molecule has 2 aliphatic rings. The lowest BCUT2D eigenvalue weighted by atomic mass is 9.97. The molecule has 1 aromatic rings. The summed E-state index contributed by atoms with van der Waals surface area (Å²) in [6, 6.07) is 4.18. The number of hydrogen-bond acceptors (Lipinski definition) is 5. The summed E-state index contributed by atoms with van der Waals surface area (Å²) in [4.78, 5) is 50.4. The Labute approximate surface area is 175 Å². The van der Waals surface area contributed by atoms with Gasteiger partial charge in [-0.05, 0) is 57.2 Å². The van der Waals surface area contributed by atoms with Gasteiger partial charge in [-0.15, -0.1) is 6.58 Å². The van der Waals surface area contributed by atoms with Gasteiger partial charge in [0.1, 0.15) is 0 Å². The van der Waals surface area contributed by atoms with Crippen LogP contribution in [0, 0.1) is 0 Å². The zero-order valence-corrected chi connectivity index (χ0v) is 17.1. The van der Waals surface area contributed by atoms with Crippen molar-refractivity contribution in [2.75, 3.05) is 13.1 Å². The maximum Gasteiger partial charge on any atom is 0.338 e. The van der Waals surface area contributed by atoms with Crippen molar-refractivity contribution >= 4 is 23.7 Å². The topological polar surface area (TPSA) is 92.8 Å². The van der Waals surface area contributed by atoms with Crippen molar-refractivity contribution in [1.82, 2.24) is 10.2 Å². The molecule has 0 aromatic heterocycles. The number of nitrogens with one attached hydrogen (secondary N) is 1. The minimum Gasteiger partial charge on any atom is -0.449 e. The van der Waals surface area contributed by atoms with E-state index in [9.17, 15) is 19.2 Å². The zero-order chi connectivity index (χ0) is 21.7. The van der Waals surface area contributed by atoms with Gasteiger partial charge in [0.05, 0.1) is 16.7 Å². The van der Waals surface area contributed by atoms with Crippen LogP contribution in [0.25, 0.3) is 0 Å². The van der Waals surface area contributed by atoms with Gasteiger partial charge >= 0.3 is 5.97 Å². The van der Waals surface area contributed by atoms with Crippen LogP contribution in [0.3, 0.4) is 0 Å². The average Bonchev–Trinajstić information content (AvgIpc) is 2.99. The number of esters is 1. The Morgan fingerprint density at radius 3 is 2.70 bits per heavy atom. The van der Waals surface area contributed by atoms with Gasteiger partial charge in [-0.3, -0.25) is 19.3 Å². The quantitative estimate of drug-likeness (QED) is 0.404. The number of fused-ring (bicyclic) bond motifs is 1. The first kappa shape index (κ1) is 21.5. The second-order valence-electron chi connectivity index (χ2n) is 7.47. The molecule has 1 atom stereocenters. The minimum atomic E-state index is -0.972. The Hall–Kier alpha value is -3.22. The summed E-state index contributed by atoms with van der Waals surface area (Å²) >= 11 is 0. The molecule has 7 heteroatoms. The molecule has 1 aliphatic carbocycles. The summed E-state index contributed by atoms with van der Waals surface area (Å²) in [6.07, 6.45) is 8.10. The lowest BCUT2D eigenvalue weighted by Gasteiger charge is -2.15. The van der Waals surface area contributed by atoms with Crippen LogP contribution in [-0.2, 0) is 9.53 Å². The number of imide groups is 1. The smallest absolute Gasteiger partial charge is 0.338 e. The third kappa shape index (κ3) is 4.67. The van der Waals surface area contributed by atoms with Crippen molar-refractivity contribution < 1.29 is 23.9 Å². The van der Waals surface area contributed by atoms with E-state index in [2.05, 4.69) is 18.0 Å². The van der Waals surface area contributed by atoms with Crippen molar-refractivity contribution in [3.63, 3.8) is 0 Å². The van der Waals surface area contributed by atoms with Gasteiger partial charge in [0.15, 0.2) is 6.10 Å². The number of hydrogen-bond donors (Lipinski definition) is 1.